The Bertz CT molecular complexity index is 692. The normalized spacial score (nSPS) is 14.7. The highest BCUT2D eigenvalue weighted by Crippen LogP contribution is 2.10. The van der Waals surface area contributed by atoms with Crippen molar-refractivity contribution in [3.05, 3.63) is 59.7 Å². The van der Waals surface area contributed by atoms with Gasteiger partial charge in [-0.25, -0.2) is 4.98 Å². The number of aromatic nitrogens is 2. The van der Waals surface area contributed by atoms with Crippen LogP contribution in [0.1, 0.15) is 26.5 Å². The summed E-state index contributed by atoms with van der Waals surface area (Å²) >= 11 is 0. The average Bonchev–Trinajstić information content (AvgIpc) is 2.62. The van der Waals surface area contributed by atoms with E-state index in [-0.39, 0.29) is 11.8 Å². The maximum Gasteiger partial charge on any atom is 0.274 e. The molecule has 6 heteroatoms. The van der Waals surface area contributed by atoms with Gasteiger partial charge in [0.05, 0.1) is 11.9 Å². The summed E-state index contributed by atoms with van der Waals surface area (Å²) in [4.78, 5) is 36.5. The quantitative estimate of drug-likeness (QED) is 0.840. The van der Waals surface area contributed by atoms with Crippen LogP contribution in [0.15, 0.2) is 42.7 Å². The number of hydrogen-bond acceptors (Lipinski definition) is 4. The first-order valence-corrected chi connectivity index (χ1v) is 7.57. The topological polar surface area (TPSA) is 66.4 Å². The Labute approximate surface area is 134 Å². The SMILES string of the molecule is Cc1cnc(C(=O)N2CCN(C(=O)c3ccccc3)CC2)cn1. The van der Waals surface area contributed by atoms with Gasteiger partial charge in [-0.1, -0.05) is 18.2 Å². The zero-order chi connectivity index (χ0) is 16.2. The lowest BCUT2D eigenvalue weighted by Crippen LogP contribution is -2.50. The predicted molar refractivity (Wildman–Crippen MR) is 85.0 cm³/mol. The van der Waals surface area contributed by atoms with Crippen LogP contribution in [0.4, 0.5) is 0 Å². The molecule has 0 spiro atoms. The van der Waals surface area contributed by atoms with Crippen LogP contribution >= 0.6 is 0 Å². The van der Waals surface area contributed by atoms with Crippen LogP contribution in [-0.4, -0.2) is 57.8 Å². The second kappa shape index (κ2) is 6.56. The summed E-state index contributed by atoms with van der Waals surface area (Å²) in [5.41, 5.74) is 1.80. The molecular weight excluding hydrogens is 292 g/mol. The van der Waals surface area contributed by atoms with Crippen LogP contribution in [0.3, 0.4) is 0 Å². The van der Waals surface area contributed by atoms with Crippen molar-refractivity contribution < 1.29 is 9.59 Å². The van der Waals surface area contributed by atoms with E-state index in [1.54, 1.807) is 16.0 Å². The van der Waals surface area contributed by atoms with E-state index >= 15 is 0 Å². The molecule has 118 valence electrons. The highest BCUT2D eigenvalue weighted by Gasteiger charge is 2.26. The van der Waals surface area contributed by atoms with E-state index in [4.69, 9.17) is 0 Å². The van der Waals surface area contributed by atoms with Gasteiger partial charge in [0.25, 0.3) is 11.8 Å². The standard InChI is InChI=1S/C17H18N4O2/c1-13-11-19-15(12-18-13)17(23)21-9-7-20(8-10-21)16(22)14-5-3-2-4-6-14/h2-6,11-12H,7-10H2,1H3. The van der Waals surface area contributed by atoms with Gasteiger partial charge in [0.1, 0.15) is 5.69 Å². The third kappa shape index (κ3) is 3.36. The van der Waals surface area contributed by atoms with Gasteiger partial charge in [-0.3, -0.25) is 14.6 Å². The minimum atomic E-state index is -0.135. The first kappa shape index (κ1) is 15.1. The van der Waals surface area contributed by atoms with Crippen LogP contribution < -0.4 is 0 Å². The minimum Gasteiger partial charge on any atom is -0.335 e. The van der Waals surface area contributed by atoms with Crippen LogP contribution in [-0.2, 0) is 0 Å². The van der Waals surface area contributed by atoms with E-state index in [0.29, 0.717) is 37.4 Å². The molecule has 1 aromatic heterocycles. The van der Waals surface area contributed by atoms with Crippen molar-refractivity contribution in [2.45, 2.75) is 6.92 Å². The predicted octanol–water partition coefficient (Wildman–Crippen LogP) is 1.38. The maximum atomic E-state index is 12.4. The van der Waals surface area contributed by atoms with E-state index < -0.39 is 0 Å². The molecule has 6 nitrogen and oxygen atoms in total. The summed E-state index contributed by atoms with van der Waals surface area (Å²) in [7, 11) is 0. The van der Waals surface area contributed by atoms with Gasteiger partial charge in [-0.05, 0) is 19.1 Å². The molecule has 23 heavy (non-hydrogen) atoms. The Balaban J connectivity index is 1.61. The molecule has 1 aliphatic heterocycles. The van der Waals surface area contributed by atoms with Gasteiger partial charge in [0, 0.05) is 37.9 Å². The van der Waals surface area contributed by atoms with Crippen LogP contribution in [0.25, 0.3) is 0 Å². The number of carbonyl (C=O) groups is 2. The molecule has 1 fully saturated rings. The van der Waals surface area contributed by atoms with Gasteiger partial charge in [0.15, 0.2) is 0 Å². The van der Waals surface area contributed by atoms with Gasteiger partial charge >= 0.3 is 0 Å². The summed E-state index contributed by atoms with van der Waals surface area (Å²) in [6.07, 6.45) is 3.08. The lowest BCUT2D eigenvalue weighted by atomic mass is 10.2. The average molecular weight is 310 g/mol. The van der Waals surface area contributed by atoms with Crippen molar-refractivity contribution >= 4 is 11.8 Å². The number of nitrogens with zero attached hydrogens (tertiary/aromatic N) is 4. The molecule has 3 rings (SSSR count). The third-order valence-electron chi connectivity index (χ3n) is 3.87. The van der Waals surface area contributed by atoms with E-state index in [1.807, 2.05) is 37.3 Å². The zero-order valence-electron chi connectivity index (χ0n) is 13.0. The van der Waals surface area contributed by atoms with Crippen molar-refractivity contribution in [2.75, 3.05) is 26.2 Å². The number of hydrogen-bond donors (Lipinski definition) is 0. The molecule has 0 aliphatic carbocycles. The second-order valence-electron chi connectivity index (χ2n) is 5.49. The van der Waals surface area contributed by atoms with Gasteiger partial charge in [0.2, 0.25) is 0 Å². The Kier molecular flexibility index (Phi) is 4.32. The maximum absolute atomic E-state index is 12.4. The van der Waals surface area contributed by atoms with E-state index in [9.17, 15) is 9.59 Å². The monoisotopic (exact) mass is 310 g/mol. The Morgan fingerprint density at radius 3 is 2.04 bits per heavy atom. The van der Waals surface area contributed by atoms with Crippen LogP contribution in [0, 0.1) is 6.92 Å². The highest BCUT2D eigenvalue weighted by atomic mass is 16.2. The summed E-state index contributed by atoms with van der Waals surface area (Å²) < 4.78 is 0. The molecule has 0 unspecified atom stereocenters. The van der Waals surface area contributed by atoms with E-state index in [2.05, 4.69) is 9.97 Å². The number of amides is 2. The largest absolute Gasteiger partial charge is 0.335 e. The van der Waals surface area contributed by atoms with Gasteiger partial charge < -0.3 is 9.80 Å². The van der Waals surface area contributed by atoms with E-state index in [0.717, 1.165) is 5.69 Å². The molecule has 0 N–H and O–H groups in total. The molecule has 2 amide bonds. The number of rotatable bonds is 2. The molecule has 1 saturated heterocycles. The molecule has 1 aliphatic rings. The molecule has 0 bridgehead atoms. The molecule has 2 heterocycles. The van der Waals surface area contributed by atoms with Crippen molar-refractivity contribution in [3.63, 3.8) is 0 Å². The zero-order valence-corrected chi connectivity index (χ0v) is 13.0. The lowest BCUT2D eigenvalue weighted by molar-refractivity contribution is 0.0532. The molecule has 0 saturated carbocycles. The smallest absolute Gasteiger partial charge is 0.274 e. The van der Waals surface area contributed by atoms with Crippen molar-refractivity contribution in [2.24, 2.45) is 0 Å². The third-order valence-corrected chi connectivity index (χ3v) is 3.87. The fourth-order valence-corrected chi connectivity index (χ4v) is 2.54. The van der Waals surface area contributed by atoms with E-state index in [1.165, 1.54) is 6.20 Å². The Morgan fingerprint density at radius 2 is 1.48 bits per heavy atom. The van der Waals surface area contributed by atoms with Crippen LogP contribution in [0.2, 0.25) is 0 Å². The number of benzene rings is 1. The molecule has 0 atom stereocenters. The fraction of sp³-hybridized carbons (Fsp3) is 0.294. The second-order valence-corrected chi connectivity index (χ2v) is 5.49. The Morgan fingerprint density at radius 1 is 0.870 bits per heavy atom. The molecule has 2 aromatic rings. The summed E-state index contributed by atoms with van der Waals surface area (Å²) in [6, 6.07) is 9.20. The van der Waals surface area contributed by atoms with Crippen molar-refractivity contribution in [1.29, 1.82) is 0 Å². The fourth-order valence-electron chi connectivity index (χ4n) is 2.54. The number of piperazine rings is 1. The lowest BCUT2D eigenvalue weighted by Gasteiger charge is -2.34. The van der Waals surface area contributed by atoms with Crippen molar-refractivity contribution in [1.82, 2.24) is 19.8 Å². The van der Waals surface area contributed by atoms with Gasteiger partial charge in [-0.2, -0.15) is 0 Å². The molecule has 0 radical (unpaired) electrons. The molecular formula is C17H18N4O2. The highest BCUT2D eigenvalue weighted by molar-refractivity contribution is 5.95. The van der Waals surface area contributed by atoms with Gasteiger partial charge in [-0.15, -0.1) is 0 Å². The first-order valence-electron chi connectivity index (χ1n) is 7.57. The van der Waals surface area contributed by atoms with Crippen LogP contribution in [0.5, 0.6) is 0 Å². The summed E-state index contributed by atoms with van der Waals surface area (Å²) in [5.74, 6) is -0.128. The minimum absolute atomic E-state index is 0.00725. The van der Waals surface area contributed by atoms with Crippen molar-refractivity contribution in [3.8, 4) is 0 Å². The number of carbonyl (C=O) groups excluding carboxylic acids is 2. The molecule has 1 aromatic carbocycles. The summed E-state index contributed by atoms with van der Waals surface area (Å²) in [5, 5.41) is 0. The number of aryl methyl sites for hydroxylation is 1. The Hall–Kier alpha value is -2.76. The summed E-state index contributed by atoms with van der Waals surface area (Å²) in [6.45, 7) is 3.90. The first-order chi connectivity index (χ1) is 11.1.